The van der Waals surface area contributed by atoms with Crippen molar-refractivity contribution >= 4 is 34.8 Å². The van der Waals surface area contributed by atoms with E-state index in [-0.39, 0.29) is 11.8 Å². The molecule has 2 atom stereocenters. The van der Waals surface area contributed by atoms with Crippen molar-refractivity contribution in [2.75, 3.05) is 30.3 Å². The Hall–Kier alpha value is -2.37. The van der Waals surface area contributed by atoms with Crippen molar-refractivity contribution in [1.82, 2.24) is 0 Å². The highest BCUT2D eigenvalue weighted by Gasteiger charge is 2.22. The van der Waals surface area contributed by atoms with Crippen LogP contribution in [0.4, 0.5) is 11.4 Å². The minimum absolute atomic E-state index is 0.0256. The number of hydrogen-bond donors (Lipinski definition) is 3. The summed E-state index contributed by atoms with van der Waals surface area (Å²) >= 11 is 6.24. The fraction of sp³-hybridized carbons (Fsp3) is 0.364. The first kappa shape index (κ1) is 20.4. The number of benzene rings is 2. The van der Waals surface area contributed by atoms with Crippen LogP contribution < -0.4 is 15.5 Å². The number of likely N-dealkylation sites (tertiary alicyclic amines) is 1. The van der Waals surface area contributed by atoms with Crippen molar-refractivity contribution in [2.45, 2.75) is 26.7 Å². The van der Waals surface area contributed by atoms with Crippen LogP contribution in [0.3, 0.4) is 0 Å². The standard InChI is InChI=1S/C22H26ClN3O2/c1-15-5-3-7-17(11-15)22(28)25-20-12-18(8-9-19(20)23)24-21(27)14-26-10-4-6-16(2)13-26/h3,5,7-9,11-12,16H,4,6,10,13-14H2,1-2H3,(H,24,27)(H,25,28)/p+1/t16-/m0/s1. The molecule has 1 aliphatic heterocycles. The number of aryl methyl sites for hydroxylation is 1. The summed E-state index contributed by atoms with van der Waals surface area (Å²) in [5.74, 6) is 0.402. The molecule has 0 spiro atoms. The summed E-state index contributed by atoms with van der Waals surface area (Å²) < 4.78 is 0. The number of carbonyl (C=O) groups is 2. The molecule has 0 bridgehead atoms. The third kappa shape index (κ3) is 5.57. The second kappa shape index (κ2) is 9.22. The van der Waals surface area contributed by atoms with E-state index in [1.807, 2.05) is 25.1 Å². The van der Waals surface area contributed by atoms with Gasteiger partial charge in [-0.15, -0.1) is 0 Å². The first-order valence-electron chi connectivity index (χ1n) is 9.71. The lowest BCUT2D eigenvalue weighted by atomic mass is 10.0. The predicted molar refractivity (Wildman–Crippen MR) is 113 cm³/mol. The molecule has 5 nitrogen and oxygen atoms in total. The molecule has 1 saturated heterocycles. The van der Waals surface area contributed by atoms with Crippen LogP contribution in [-0.2, 0) is 4.79 Å². The normalized spacial score (nSPS) is 19.1. The quantitative estimate of drug-likeness (QED) is 0.722. The summed E-state index contributed by atoms with van der Waals surface area (Å²) in [6.45, 7) is 6.70. The van der Waals surface area contributed by atoms with Gasteiger partial charge in [0.1, 0.15) is 0 Å². The third-order valence-corrected chi connectivity index (χ3v) is 5.38. The molecule has 1 fully saturated rings. The highest BCUT2D eigenvalue weighted by Crippen LogP contribution is 2.26. The van der Waals surface area contributed by atoms with Crippen LogP contribution in [0.5, 0.6) is 0 Å². The lowest BCUT2D eigenvalue weighted by Gasteiger charge is -2.27. The smallest absolute Gasteiger partial charge is 0.279 e. The molecule has 0 radical (unpaired) electrons. The van der Waals surface area contributed by atoms with E-state index in [9.17, 15) is 9.59 Å². The van der Waals surface area contributed by atoms with Crippen LogP contribution in [0.25, 0.3) is 0 Å². The average molecular weight is 401 g/mol. The summed E-state index contributed by atoms with van der Waals surface area (Å²) in [4.78, 5) is 26.2. The fourth-order valence-corrected chi connectivity index (χ4v) is 3.83. The Labute approximate surface area is 171 Å². The summed E-state index contributed by atoms with van der Waals surface area (Å²) in [5, 5.41) is 6.18. The molecular weight excluding hydrogens is 374 g/mol. The van der Waals surface area contributed by atoms with Gasteiger partial charge in [0.05, 0.1) is 23.8 Å². The Balaban J connectivity index is 1.64. The number of halogens is 1. The van der Waals surface area contributed by atoms with Gasteiger partial charge in [-0.25, -0.2) is 0 Å². The van der Waals surface area contributed by atoms with E-state index >= 15 is 0 Å². The molecule has 3 rings (SSSR count). The van der Waals surface area contributed by atoms with E-state index in [1.54, 1.807) is 24.3 Å². The van der Waals surface area contributed by atoms with Gasteiger partial charge in [0.2, 0.25) is 0 Å². The zero-order valence-electron chi connectivity index (χ0n) is 16.3. The number of nitrogens with one attached hydrogen (secondary N) is 3. The largest absolute Gasteiger partial charge is 0.327 e. The van der Waals surface area contributed by atoms with Crippen molar-refractivity contribution in [1.29, 1.82) is 0 Å². The summed E-state index contributed by atoms with van der Waals surface area (Å²) in [6, 6.07) is 12.5. The van der Waals surface area contributed by atoms with Gasteiger partial charge in [-0.1, -0.05) is 36.2 Å². The molecular formula is C22H27ClN3O2+. The minimum Gasteiger partial charge on any atom is -0.327 e. The zero-order chi connectivity index (χ0) is 20.1. The summed E-state index contributed by atoms with van der Waals surface area (Å²) in [7, 11) is 0. The number of anilines is 2. The Kier molecular flexibility index (Phi) is 6.70. The predicted octanol–water partition coefficient (Wildman–Crippen LogP) is 3.15. The second-order valence-electron chi connectivity index (χ2n) is 7.69. The van der Waals surface area contributed by atoms with Gasteiger partial charge < -0.3 is 15.5 Å². The van der Waals surface area contributed by atoms with Crippen LogP contribution in [-0.4, -0.2) is 31.4 Å². The number of quaternary nitrogens is 1. The van der Waals surface area contributed by atoms with Crippen molar-refractivity contribution < 1.29 is 14.5 Å². The Morgan fingerprint density at radius 3 is 2.75 bits per heavy atom. The molecule has 1 unspecified atom stereocenters. The molecule has 1 heterocycles. The van der Waals surface area contributed by atoms with E-state index in [0.717, 1.165) is 18.7 Å². The average Bonchev–Trinajstić information content (AvgIpc) is 2.64. The SMILES string of the molecule is Cc1cccc(C(=O)Nc2cc(NC(=O)C[NH+]3CCC[C@H](C)C3)ccc2Cl)c1. The molecule has 28 heavy (non-hydrogen) atoms. The van der Waals surface area contributed by atoms with E-state index in [4.69, 9.17) is 11.6 Å². The van der Waals surface area contributed by atoms with Gasteiger partial charge >= 0.3 is 0 Å². The van der Waals surface area contributed by atoms with Gasteiger partial charge in [-0.05, 0) is 50.1 Å². The number of hydrogen-bond acceptors (Lipinski definition) is 2. The fourth-order valence-electron chi connectivity index (χ4n) is 3.67. The molecule has 6 heteroatoms. The van der Waals surface area contributed by atoms with E-state index in [0.29, 0.717) is 34.4 Å². The minimum atomic E-state index is -0.235. The molecule has 3 N–H and O–H groups in total. The second-order valence-corrected chi connectivity index (χ2v) is 8.10. The first-order chi connectivity index (χ1) is 13.4. The molecule has 2 amide bonds. The Bertz CT molecular complexity index is 869. The number of amides is 2. The maximum atomic E-state index is 12.5. The molecule has 0 aliphatic carbocycles. The van der Waals surface area contributed by atoms with Crippen molar-refractivity contribution in [2.24, 2.45) is 5.92 Å². The van der Waals surface area contributed by atoms with Gasteiger partial charge in [-0.3, -0.25) is 9.59 Å². The van der Waals surface area contributed by atoms with E-state index in [1.165, 1.54) is 17.7 Å². The van der Waals surface area contributed by atoms with Crippen molar-refractivity contribution in [3.63, 3.8) is 0 Å². The molecule has 1 aliphatic rings. The van der Waals surface area contributed by atoms with Crippen LogP contribution >= 0.6 is 11.6 Å². The number of carbonyl (C=O) groups excluding carboxylic acids is 2. The Morgan fingerprint density at radius 1 is 1.18 bits per heavy atom. The molecule has 2 aromatic rings. The zero-order valence-corrected chi connectivity index (χ0v) is 17.1. The topological polar surface area (TPSA) is 62.6 Å². The lowest BCUT2D eigenvalue weighted by Crippen LogP contribution is -3.14. The van der Waals surface area contributed by atoms with Crippen LogP contribution in [0.2, 0.25) is 5.02 Å². The maximum Gasteiger partial charge on any atom is 0.279 e. The van der Waals surface area contributed by atoms with Gasteiger partial charge in [-0.2, -0.15) is 0 Å². The van der Waals surface area contributed by atoms with E-state index < -0.39 is 0 Å². The highest BCUT2D eigenvalue weighted by atomic mass is 35.5. The third-order valence-electron chi connectivity index (χ3n) is 5.05. The lowest BCUT2D eigenvalue weighted by molar-refractivity contribution is -0.900. The van der Waals surface area contributed by atoms with Crippen LogP contribution in [0.1, 0.15) is 35.7 Å². The number of piperidine rings is 1. The van der Waals surface area contributed by atoms with Gasteiger partial charge in [0.25, 0.3) is 11.8 Å². The Morgan fingerprint density at radius 2 is 2.00 bits per heavy atom. The molecule has 148 valence electrons. The molecule has 2 aromatic carbocycles. The first-order valence-corrected chi connectivity index (χ1v) is 10.1. The van der Waals surface area contributed by atoms with Crippen LogP contribution in [0.15, 0.2) is 42.5 Å². The summed E-state index contributed by atoms with van der Waals surface area (Å²) in [6.07, 6.45) is 2.41. The van der Waals surface area contributed by atoms with Gasteiger partial charge in [0, 0.05) is 17.2 Å². The van der Waals surface area contributed by atoms with Gasteiger partial charge in [0.15, 0.2) is 6.54 Å². The number of rotatable bonds is 5. The monoisotopic (exact) mass is 400 g/mol. The molecule has 0 aromatic heterocycles. The van der Waals surface area contributed by atoms with Crippen molar-refractivity contribution in [3.05, 3.63) is 58.6 Å². The van der Waals surface area contributed by atoms with Crippen LogP contribution in [0, 0.1) is 12.8 Å². The molecule has 0 saturated carbocycles. The highest BCUT2D eigenvalue weighted by molar-refractivity contribution is 6.34. The maximum absolute atomic E-state index is 12.5. The van der Waals surface area contributed by atoms with Crippen molar-refractivity contribution in [3.8, 4) is 0 Å². The summed E-state index contributed by atoms with van der Waals surface area (Å²) in [5.41, 5.74) is 2.67. The van der Waals surface area contributed by atoms with E-state index in [2.05, 4.69) is 17.6 Å².